The molecule has 27 heavy (non-hydrogen) atoms. The number of methoxy groups -OCH3 is 1. The van der Waals surface area contributed by atoms with E-state index >= 15 is 0 Å². The van der Waals surface area contributed by atoms with Gasteiger partial charge in [-0.25, -0.2) is 9.78 Å². The van der Waals surface area contributed by atoms with Gasteiger partial charge >= 0.3 is 6.03 Å². The third-order valence-corrected chi connectivity index (χ3v) is 4.51. The van der Waals surface area contributed by atoms with Gasteiger partial charge in [0.05, 0.1) is 18.8 Å². The maximum absolute atomic E-state index is 12.8. The Kier molecular flexibility index (Phi) is 5.02. The van der Waals surface area contributed by atoms with Gasteiger partial charge in [-0.05, 0) is 43.2 Å². The van der Waals surface area contributed by atoms with Crippen LogP contribution in [0.1, 0.15) is 30.3 Å². The summed E-state index contributed by atoms with van der Waals surface area (Å²) in [5.41, 5.74) is 3.03. The molecule has 0 aliphatic heterocycles. The fourth-order valence-corrected chi connectivity index (χ4v) is 2.87. The number of aromatic nitrogens is 2. The molecule has 1 aliphatic rings. The Morgan fingerprint density at radius 2 is 2.22 bits per heavy atom. The van der Waals surface area contributed by atoms with Crippen LogP contribution < -0.4 is 5.32 Å². The van der Waals surface area contributed by atoms with Crippen LogP contribution in [0.15, 0.2) is 47.0 Å². The Balaban J connectivity index is 1.48. The summed E-state index contributed by atoms with van der Waals surface area (Å²) in [6.45, 7) is 1.33. The first-order valence-electron chi connectivity index (χ1n) is 9.08. The number of rotatable bonds is 7. The van der Waals surface area contributed by atoms with Crippen molar-refractivity contribution in [3.8, 4) is 0 Å². The van der Waals surface area contributed by atoms with Crippen LogP contribution >= 0.6 is 0 Å². The molecule has 1 saturated carbocycles. The minimum Gasteiger partial charge on any atom is -0.440 e. The van der Waals surface area contributed by atoms with E-state index in [0.29, 0.717) is 31.3 Å². The fraction of sp³-hybridized carbons (Fsp3) is 0.350. The molecule has 0 spiro atoms. The van der Waals surface area contributed by atoms with Crippen LogP contribution in [-0.2, 0) is 11.3 Å². The normalized spacial score (nSPS) is 13.7. The number of pyridine rings is 1. The van der Waals surface area contributed by atoms with Crippen molar-refractivity contribution in [2.24, 2.45) is 0 Å². The molecule has 7 heteroatoms. The van der Waals surface area contributed by atoms with Crippen molar-refractivity contribution in [3.63, 3.8) is 0 Å². The fourth-order valence-electron chi connectivity index (χ4n) is 2.87. The zero-order valence-electron chi connectivity index (χ0n) is 15.2. The number of nitrogens with zero attached hydrogens (tertiary/aromatic N) is 3. The molecule has 1 N–H and O–H groups in total. The van der Waals surface area contributed by atoms with Gasteiger partial charge in [0.1, 0.15) is 5.52 Å². The molecule has 1 fully saturated rings. The number of oxazole rings is 1. The molecule has 0 bridgehead atoms. The Morgan fingerprint density at radius 1 is 1.33 bits per heavy atom. The lowest BCUT2D eigenvalue weighted by Gasteiger charge is -2.22. The lowest BCUT2D eigenvalue weighted by atomic mass is 10.3. The first-order chi connectivity index (χ1) is 13.2. The van der Waals surface area contributed by atoms with Gasteiger partial charge in [0.25, 0.3) is 0 Å². The highest BCUT2D eigenvalue weighted by Crippen LogP contribution is 2.40. The molecule has 7 nitrogen and oxygen atoms in total. The van der Waals surface area contributed by atoms with Gasteiger partial charge < -0.3 is 19.4 Å². The molecule has 2 heterocycles. The first kappa shape index (κ1) is 17.5. The van der Waals surface area contributed by atoms with Crippen molar-refractivity contribution >= 4 is 22.8 Å². The Labute approximate surface area is 157 Å². The van der Waals surface area contributed by atoms with E-state index in [-0.39, 0.29) is 6.03 Å². The van der Waals surface area contributed by atoms with Crippen molar-refractivity contribution in [1.29, 1.82) is 0 Å². The number of hydrogen-bond acceptors (Lipinski definition) is 5. The second-order valence-electron chi connectivity index (χ2n) is 6.67. The number of carbonyl (C=O) groups excluding carboxylic acids is 1. The minimum absolute atomic E-state index is 0.206. The van der Waals surface area contributed by atoms with Crippen molar-refractivity contribution in [2.45, 2.75) is 25.3 Å². The molecule has 4 rings (SSSR count). The Hall–Kier alpha value is -2.93. The number of benzene rings is 1. The third-order valence-electron chi connectivity index (χ3n) is 4.51. The summed E-state index contributed by atoms with van der Waals surface area (Å²) in [5, 5.41) is 2.94. The second kappa shape index (κ2) is 7.75. The van der Waals surface area contributed by atoms with E-state index in [1.165, 1.54) is 0 Å². The predicted molar refractivity (Wildman–Crippen MR) is 102 cm³/mol. The van der Waals surface area contributed by atoms with E-state index in [2.05, 4.69) is 15.3 Å². The third kappa shape index (κ3) is 4.25. The average molecular weight is 366 g/mol. The topological polar surface area (TPSA) is 80.5 Å². The number of nitrogens with one attached hydrogen (secondary N) is 1. The van der Waals surface area contributed by atoms with Crippen molar-refractivity contribution < 1.29 is 13.9 Å². The quantitative estimate of drug-likeness (QED) is 0.688. The maximum atomic E-state index is 12.8. The van der Waals surface area contributed by atoms with Gasteiger partial charge in [0.15, 0.2) is 11.5 Å². The standard InChI is InChI=1S/C20H22N4O3/c1-26-11-10-24(13-16-4-2-3-9-21-16)20(25)22-15-7-8-18-17(12-15)23-19(27-18)14-5-6-14/h2-4,7-9,12,14H,5-6,10-11,13H2,1H3,(H,22,25). The highest BCUT2D eigenvalue weighted by atomic mass is 16.5. The molecule has 1 aliphatic carbocycles. The summed E-state index contributed by atoms with van der Waals surface area (Å²) in [4.78, 5) is 23.3. The van der Waals surface area contributed by atoms with Gasteiger partial charge in [0, 0.05) is 31.5 Å². The Morgan fingerprint density at radius 3 is 2.96 bits per heavy atom. The molecular weight excluding hydrogens is 344 g/mol. The number of hydrogen-bond donors (Lipinski definition) is 1. The smallest absolute Gasteiger partial charge is 0.322 e. The Bertz CT molecular complexity index is 921. The summed E-state index contributed by atoms with van der Waals surface area (Å²) in [6.07, 6.45) is 3.99. The molecule has 2 amide bonds. The number of anilines is 1. The number of carbonyl (C=O) groups is 1. The van der Waals surface area contributed by atoms with Crippen LogP contribution in [0.3, 0.4) is 0 Å². The van der Waals surface area contributed by atoms with E-state index < -0.39 is 0 Å². The van der Waals surface area contributed by atoms with Crippen LogP contribution in [0.25, 0.3) is 11.1 Å². The van der Waals surface area contributed by atoms with Gasteiger partial charge in [-0.3, -0.25) is 4.98 Å². The highest BCUT2D eigenvalue weighted by Gasteiger charge is 2.29. The summed E-state index contributed by atoms with van der Waals surface area (Å²) < 4.78 is 10.9. The second-order valence-corrected chi connectivity index (χ2v) is 6.67. The number of amides is 2. The largest absolute Gasteiger partial charge is 0.440 e. The van der Waals surface area contributed by atoms with Crippen molar-refractivity contribution in [1.82, 2.24) is 14.9 Å². The zero-order chi connectivity index (χ0) is 18.6. The number of ether oxygens (including phenoxy) is 1. The molecule has 1 aromatic carbocycles. The molecule has 3 aromatic rings. The van der Waals surface area contributed by atoms with Crippen molar-refractivity contribution in [3.05, 3.63) is 54.2 Å². The monoisotopic (exact) mass is 366 g/mol. The lowest BCUT2D eigenvalue weighted by molar-refractivity contribution is 0.152. The summed E-state index contributed by atoms with van der Waals surface area (Å²) in [6, 6.07) is 11.0. The van der Waals surface area contributed by atoms with Crippen LogP contribution in [0, 0.1) is 0 Å². The summed E-state index contributed by atoms with van der Waals surface area (Å²) in [7, 11) is 1.62. The van der Waals surface area contributed by atoms with E-state index in [1.54, 1.807) is 18.2 Å². The summed E-state index contributed by atoms with van der Waals surface area (Å²) >= 11 is 0. The molecule has 0 unspecified atom stereocenters. The van der Waals surface area contributed by atoms with Gasteiger partial charge in [-0.1, -0.05) is 6.07 Å². The molecule has 0 atom stereocenters. The first-order valence-corrected chi connectivity index (χ1v) is 9.08. The molecule has 0 saturated heterocycles. The minimum atomic E-state index is -0.206. The maximum Gasteiger partial charge on any atom is 0.322 e. The average Bonchev–Trinajstić information content (AvgIpc) is 3.45. The zero-order valence-corrected chi connectivity index (χ0v) is 15.2. The van der Waals surface area contributed by atoms with Crippen LogP contribution in [-0.4, -0.2) is 41.2 Å². The molecule has 2 aromatic heterocycles. The van der Waals surface area contributed by atoms with E-state index in [0.717, 1.165) is 35.5 Å². The predicted octanol–water partition coefficient (Wildman–Crippen LogP) is 3.78. The van der Waals surface area contributed by atoms with E-state index in [1.807, 2.05) is 36.4 Å². The van der Waals surface area contributed by atoms with Crippen molar-refractivity contribution in [2.75, 3.05) is 25.6 Å². The van der Waals surface area contributed by atoms with Gasteiger partial charge in [-0.2, -0.15) is 0 Å². The SMILES string of the molecule is COCCN(Cc1ccccn1)C(=O)Nc1ccc2oc(C3CC3)nc2c1. The lowest BCUT2D eigenvalue weighted by Crippen LogP contribution is -2.37. The van der Waals surface area contributed by atoms with Crippen LogP contribution in [0.2, 0.25) is 0 Å². The highest BCUT2D eigenvalue weighted by molar-refractivity contribution is 5.91. The molecular formula is C20H22N4O3. The van der Waals surface area contributed by atoms with E-state index in [9.17, 15) is 4.79 Å². The van der Waals surface area contributed by atoms with E-state index in [4.69, 9.17) is 9.15 Å². The van der Waals surface area contributed by atoms with Gasteiger partial charge in [0.2, 0.25) is 0 Å². The van der Waals surface area contributed by atoms with Crippen LogP contribution in [0.4, 0.5) is 10.5 Å². The number of fused-ring (bicyclic) bond motifs is 1. The summed E-state index contributed by atoms with van der Waals surface area (Å²) in [5.74, 6) is 1.25. The van der Waals surface area contributed by atoms with Crippen LogP contribution in [0.5, 0.6) is 0 Å². The van der Waals surface area contributed by atoms with Gasteiger partial charge in [-0.15, -0.1) is 0 Å². The molecule has 0 radical (unpaired) electrons. The number of urea groups is 1. The molecule has 140 valence electrons.